The van der Waals surface area contributed by atoms with Gasteiger partial charge in [0.1, 0.15) is 0 Å². The second kappa shape index (κ2) is 8.83. The minimum absolute atomic E-state index is 0.0615. The van der Waals surface area contributed by atoms with Crippen molar-refractivity contribution in [2.75, 3.05) is 0 Å². The van der Waals surface area contributed by atoms with E-state index < -0.39 is 0 Å². The summed E-state index contributed by atoms with van der Waals surface area (Å²) >= 11 is -0.117. The van der Waals surface area contributed by atoms with E-state index in [1.165, 1.54) is 6.42 Å². The van der Waals surface area contributed by atoms with Crippen molar-refractivity contribution in [3.63, 3.8) is 0 Å². The molecule has 1 aromatic rings. The quantitative estimate of drug-likeness (QED) is 0.432. The van der Waals surface area contributed by atoms with Gasteiger partial charge in [-0.25, -0.2) is 0 Å². The van der Waals surface area contributed by atoms with E-state index in [0.717, 1.165) is 23.7 Å². The standard InChI is InChI=1S/C24H35NO3Se/c1-6-20(17(2)3)25(22(27)28-15-18-10-8-7-9-11-18)29-16-24-13-12-19(14-21(24)26)23(24,4)5/h6-11,17,19-21,26H,1,12-16H2,2-5H3. The van der Waals surface area contributed by atoms with Gasteiger partial charge in [-0.05, 0) is 0 Å². The minimum atomic E-state index is -0.274. The number of rotatable bonds is 8. The Kier molecular flexibility index (Phi) is 6.82. The number of ether oxygens (including phenoxy) is 1. The maximum absolute atomic E-state index is 13.1. The van der Waals surface area contributed by atoms with Gasteiger partial charge in [0.05, 0.1) is 0 Å². The fourth-order valence-electron chi connectivity index (χ4n) is 5.25. The predicted molar refractivity (Wildman–Crippen MR) is 117 cm³/mol. The second-order valence-corrected chi connectivity index (χ2v) is 11.4. The third kappa shape index (κ3) is 4.15. The molecule has 0 aliphatic heterocycles. The molecule has 0 aromatic heterocycles. The molecule has 4 unspecified atom stereocenters. The number of amides is 1. The summed E-state index contributed by atoms with van der Waals surface area (Å²) in [6.07, 6.45) is 4.47. The molecule has 0 saturated heterocycles. The number of carbonyl (C=O) groups is 1. The van der Waals surface area contributed by atoms with Crippen molar-refractivity contribution in [3.8, 4) is 0 Å². The van der Waals surface area contributed by atoms with Crippen molar-refractivity contribution in [1.29, 1.82) is 0 Å². The topological polar surface area (TPSA) is 49.8 Å². The van der Waals surface area contributed by atoms with E-state index in [1.807, 2.05) is 40.3 Å². The SMILES string of the molecule is C=CC(C(C)C)N([Se]CC12CCC(CC1O)C2(C)C)C(=O)OCc1ccccc1. The van der Waals surface area contributed by atoms with Crippen LogP contribution in [0, 0.1) is 22.7 Å². The Bertz CT molecular complexity index is 720. The van der Waals surface area contributed by atoms with Crippen LogP contribution < -0.4 is 0 Å². The summed E-state index contributed by atoms with van der Waals surface area (Å²) in [6, 6.07) is 9.72. The van der Waals surface area contributed by atoms with Crippen LogP contribution in [0.1, 0.15) is 52.5 Å². The van der Waals surface area contributed by atoms with Crippen molar-refractivity contribution in [2.24, 2.45) is 22.7 Å². The zero-order valence-corrected chi connectivity index (χ0v) is 19.8. The van der Waals surface area contributed by atoms with Crippen LogP contribution in [0.25, 0.3) is 0 Å². The molecule has 0 radical (unpaired) electrons. The molecule has 2 bridgehead atoms. The van der Waals surface area contributed by atoms with E-state index in [0.29, 0.717) is 5.92 Å². The van der Waals surface area contributed by atoms with Crippen LogP contribution in [0.5, 0.6) is 0 Å². The Hall–Kier alpha value is -1.29. The Morgan fingerprint density at radius 1 is 1.38 bits per heavy atom. The summed E-state index contributed by atoms with van der Waals surface area (Å²) in [5, 5.41) is 11.7. The molecule has 5 heteroatoms. The summed E-state index contributed by atoms with van der Waals surface area (Å²) in [6.45, 7) is 13.1. The van der Waals surface area contributed by atoms with Gasteiger partial charge in [-0.3, -0.25) is 0 Å². The van der Waals surface area contributed by atoms with Crippen molar-refractivity contribution >= 4 is 21.3 Å². The molecule has 29 heavy (non-hydrogen) atoms. The summed E-state index contributed by atoms with van der Waals surface area (Å²) in [5.41, 5.74) is 1.02. The van der Waals surface area contributed by atoms with Gasteiger partial charge >= 0.3 is 182 Å². The Labute approximate surface area is 182 Å². The number of hydrogen-bond acceptors (Lipinski definition) is 3. The number of aliphatic hydroxyl groups is 1. The third-order valence-electron chi connectivity index (χ3n) is 7.43. The molecular formula is C24H35NO3Se. The van der Waals surface area contributed by atoms with Crippen molar-refractivity contribution < 1.29 is 14.6 Å². The van der Waals surface area contributed by atoms with Gasteiger partial charge in [-0.1, -0.05) is 0 Å². The molecule has 3 rings (SSSR count). The van der Waals surface area contributed by atoms with E-state index in [1.54, 1.807) is 0 Å². The molecule has 0 spiro atoms. The molecule has 1 aromatic carbocycles. The van der Waals surface area contributed by atoms with Gasteiger partial charge in [0.2, 0.25) is 0 Å². The van der Waals surface area contributed by atoms with E-state index >= 15 is 0 Å². The summed E-state index contributed by atoms with van der Waals surface area (Å²) < 4.78 is 7.57. The number of aliphatic hydroxyl groups excluding tert-OH is 1. The first-order valence-electron chi connectivity index (χ1n) is 10.7. The molecule has 160 valence electrons. The molecule has 4 atom stereocenters. The summed E-state index contributed by atoms with van der Waals surface area (Å²) in [5.74, 6) is 0.848. The second-order valence-electron chi connectivity index (χ2n) is 9.47. The molecule has 0 heterocycles. The van der Waals surface area contributed by atoms with Crippen LogP contribution in [0.15, 0.2) is 43.0 Å². The van der Waals surface area contributed by atoms with Crippen LogP contribution in [0.2, 0.25) is 5.32 Å². The van der Waals surface area contributed by atoms with Crippen molar-refractivity contribution in [3.05, 3.63) is 48.6 Å². The number of benzene rings is 1. The molecular weight excluding hydrogens is 429 g/mol. The fourth-order valence-corrected chi connectivity index (χ4v) is 8.89. The van der Waals surface area contributed by atoms with E-state index in [9.17, 15) is 9.90 Å². The summed E-state index contributed by atoms with van der Waals surface area (Å²) in [4.78, 5) is 13.1. The summed E-state index contributed by atoms with van der Waals surface area (Å²) in [7, 11) is 0. The average Bonchev–Trinajstić information content (AvgIpc) is 3.04. The van der Waals surface area contributed by atoms with Crippen molar-refractivity contribution in [2.45, 2.75) is 71.0 Å². The molecule has 2 fully saturated rings. The number of carbonyl (C=O) groups excluding carboxylic acids is 1. The Morgan fingerprint density at radius 3 is 2.59 bits per heavy atom. The monoisotopic (exact) mass is 465 g/mol. The van der Waals surface area contributed by atoms with Gasteiger partial charge < -0.3 is 0 Å². The van der Waals surface area contributed by atoms with Crippen molar-refractivity contribution in [1.82, 2.24) is 3.92 Å². The number of hydrogen-bond donors (Lipinski definition) is 1. The zero-order chi connectivity index (χ0) is 21.2. The fraction of sp³-hybridized carbons (Fsp3) is 0.625. The Morgan fingerprint density at radius 2 is 2.07 bits per heavy atom. The third-order valence-corrected chi connectivity index (χ3v) is 10.2. The molecule has 2 aliphatic carbocycles. The predicted octanol–water partition coefficient (Wildman–Crippen LogP) is 5.06. The normalized spacial score (nSPS) is 28.3. The first-order valence-corrected chi connectivity index (χ1v) is 12.6. The van der Waals surface area contributed by atoms with Crippen LogP contribution in [0.3, 0.4) is 0 Å². The van der Waals surface area contributed by atoms with Gasteiger partial charge in [-0.2, -0.15) is 0 Å². The molecule has 2 saturated carbocycles. The molecule has 2 aliphatic rings. The number of fused-ring (bicyclic) bond motifs is 2. The van der Waals surface area contributed by atoms with E-state index in [-0.39, 0.29) is 56.8 Å². The zero-order valence-electron chi connectivity index (χ0n) is 18.1. The molecule has 1 amide bonds. The molecule has 4 nitrogen and oxygen atoms in total. The number of nitrogens with zero attached hydrogens (tertiary/aromatic N) is 1. The first kappa shape index (κ1) is 22.4. The van der Waals surface area contributed by atoms with Gasteiger partial charge in [0.25, 0.3) is 0 Å². The van der Waals surface area contributed by atoms with Crippen LogP contribution in [-0.2, 0) is 11.3 Å². The van der Waals surface area contributed by atoms with E-state index in [4.69, 9.17) is 4.74 Å². The van der Waals surface area contributed by atoms with E-state index in [2.05, 4.69) is 34.3 Å². The van der Waals surface area contributed by atoms with Gasteiger partial charge in [0, 0.05) is 0 Å². The van der Waals surface area contributed by atoms with Gasteiger partial charge in [0.15, 0.2) is 0 Å². The maximum atomic E-state index is 13.1. The Balaban J connectivity index is 1.73. The van der Waals surface area contributed by atoms with Crippen LogP contribution in [-0.4, -0.2) is 42.4 Å². The van der Waals surface area contributed by atoms with Crippen LogP contribution >= 0.6 is 0 Å². The first-order chi connectivity index (χ1) is 13.7. The molecule has 1 N–H and O–H groups in total. The average molecular weight is 465 g/mol. The van der Waals surface area contributed by atoms with Crippen LogP contribution in [0.4, 0.5) is 4.79 Å². The van der Waals surface area contributed by atoms with Gasteiger partial charge in [-0.15, -0.1) is 0 Å².